The van der Waals surface area contributed by atoms with Crippen molar-refractivity contribution in [3.8, 4) is 11.5 Å². The number of ether oxygens (including phenoxy) is 2. The van der Waals surface area contributed by atoms with Gasteiger partial charge in [0.25, 0.3) is 17.7 Å². The monoisotopic (exact) mass is 488 g/mol. The van der Waals surface area contributed by atoms with Gasteiger partial charge in [-0.25, -0.2) is 9.91 Å². The molecule has 1 aliphatic heterocycles. The normalized spacial score (nSPS) is 15.0. The van der Waals surface area contributed by atoms with Crippen LogP contribution in [0, 0.1) is 6.92 Å². The Labute approximate surface area is 207 Å². The van der Waals surface area contributed by atoms with Crippen molar-refractivity contribution in [3.63, 3.8) is 0 Å². The van der Waals surface area contributed by atoms with Gasteiger partial charge in [-0.1, -0.05) is 17.7 Å². The number of carbonyl (C=O) groups is 4. The van der Waals surface area contributed by atoms with E-state index < -0.39 is 29.7 Å². The van der Waals surface area contributed by atoms with Crippen LogP contribution in [0.25, 0.3) is 0 Å². The van der Waals surface area contributed by atoms with E-state index in [1.807, 2.05) is 13.0 Å². The number of pyridine rings is 1. The van der Waals surface area contributed by atoms with Gasteiger partial charge < -0.3 is 9.47 Å². The van der Waals surface area contributed by atoms with Crippen molar-refractivity contribution >= 4 is 29.3 Å². The molecule has 184 valence electrons. The lowest BCUT2D eigenvalue weighted by Gasteiger charge is -2.28. The predicted molar refractivity (Wildman–Crippen MR) is 129 cm³/mol. The Balaban J connectivity index is 1.71. The standard InChI is InChI=1S/C26H24N4O6/c1-16-5-4-6-18(13-16)25(33)30(28-24(32)17-9-11-27-12-10-17)21-15-23(31)29(26(21)34)20-8-7-19(35-2)14-22(20)36-3/h4-14,21H,15H2,1-3H3,(H,28,32). The van der Waals surface area contributed by atoms with Gasteiger partial charge in [0.15, 0.2) is 0 Å². The minimum absolute atomic E-state index is 0.208. The van der Waals surface area contributed by atoms with Crippen molar-refractivity contribution in [3.05, 3.63) is 83.7 Å². The molecule has 1 fully saturated rings. The molecule has 1 atom stereocenters. The molecule has 1 aliphatic rings. The molecule has 10 nitrogen and oxygen atoms in total. The van der Waals surface area contributed by atoms with Gasteiger partial charge in [-0.2, -0.15) is 0 Å². The van der Waals surface area contributed by atoms with E-state index in [2.05, 4.69) is 10.4 Å². The number of nitrogens with one attached hydrogen (secondary N) is 1. The molecule has 0 aliphatic carbocycles. The van der Waals surface area contributed by atoms with E-state index in [4.69, 9.17) is 9.47 Å². The number of amides is 4. The first kappa shape index (κ1) is 24.4. The summed E-state index contributed by atoms with van der Waals surface area (Å²) in [5.41, 5.74) is 4.04. The van der Waals surface area contributed by atoms with E-state index in [1.165, 1.54) is 44.8 Å². The Morgan fingerprint density at radius 1 is 1.00 bits per heavy atom. The fourth-order valence-electron chi connectivity index (χ4n) is 3.91. The van der Waals surface area contributed by atoms with Crippen molar-refractivity contribution in [2.75, 3.05) is 19.1 Å². The summed E-state index contributed by atoms with van der Waals surface area (Å²) in [6.45, 7) is 1.82. The molecular formula is C26H24N4O6. The summed E-state index contributed by atoms with van der Waals surface area (Å²) < 4.78 is 10.6. The van der Waals surface area contributed by atoms with Crippen molar-refractivity contribution in [2.24, 2.45) is 0 Å². The Kier molecular flexibility index (Phi) is 6.95. The first-order valence-electron chi connectivity index (χ1n) is 11.0. The number of methoxy groups -OCH3 is 2. The molecule has 3 aromatic rings. The second-order valence-corrected chi connectivity index (χ2v) is 8.05. The summed E-state index contributed by atoms with van der Waals surface area (Å²) in [7, 11) is 2.89. The van der Waals surface area contributed by atoms with Crippen LogP contribution in [0.15, 0.2) is 67.0 Å². The molecule has 0 radical (unpaired) electrons. The Morgan fingerprint density at radius 2 is 1.75 bits per heavy atom. The highest BCUT2D eigenvalue weighted by Gasteiger charge is 2.46. The fourth-order valence-corrected chi connectivity index (χ4v) is 3.91. The number of rotatable bonds is 6. The third-order valence-electron chi connectivity index (χ3n) is 5.71. The van der Waals surface area contributed by atoms with Crippen molar-refractivity contribution in [1.29, 1.82) is 0 Å². The van der Waals surface area contributed by atoms with Crippen LogP contribution >= 0.6 is 0 Å². The number of imide groups is 1. The molecule has 36 heavy (non-hydrogen) atoms. The lowest BCUT2D eigenvalue weighted by Crippen LogP contribution is -2.54. The topological polar surface area (TPSA) is 118 Å². The summed E-state index contributed by atoms with van der Waals surface area (Å²) >= 11 is 0. The van der Waals surface area contributed by atoms with Gasteiger partial charge in [-0.05, 0) is 43.3 Å². The molecule has 1 aromatic heterocycles. The number of benzene rings is 2. The van der Waals surface area contributed by atoms with E-state index in [0.717, 1.165) is 15.5 Å². The maximum Gasteiger partial charge on any atom is 0.273 e. The molecule has 0 bridgehead atoms. The molecule has 0 spiro atoms. The average molecular weight is 489 g/mol. The highest BCUT2D eigenvalue weighted by molar-refractivity contribution is 6.24. The summed E-state index contributed by atoms with van der Waals surface area (Å²) in [4.78, 5) is 57.9. The largest absolute Gasteiger partial charge is 0.497 e. The zero-order valence-electron chi connectivity index (χ0n) is 19.9. The number of hydrogen-bond donors (Lipinski definition) is 1. The van der Waals surface area contributed by atoms with Crippen molar-refractivity contribution < 1.29 is 28.7 Å². The second kappa shape index (κ2) is 10.3. The van der Waals surface area contributed by atoms with Crippen molar-refractivity contribution in [1.82, 2.24) is 15.4 Å². The molecule has 0 saturated carbocycles. The van der Waals surface area contributed by atoms with Gasteiger partial charge >= 0.3 is 0 Å². The fraction of sp³-hybridized carbons (Fsp3) is 0.192. The lowest BCUT2D eigenvalue weighted by molar-refractivity contribution is -0.122. The number of hydrazine groups is 1. The van der Waals surface area contributed by atoms with Gasteiger partial charge in [0, 0.05) is 29.6 Å². The molecule has 1 unspecified atom stereocenters. The maximum absolute atomic E-state index is 13.6. The maximum atomic E-state index is 13.6. The van der Waals surface area contributed by atoms with Gasteiger partial charge in [0.05, 0.1) is 26.3 Å². The average Bonchev–Trinajstić information content (AvgIpc) is 3.19. The van der Waals surface area contributed by atoms with Gasteiger partial charge in [0.1, 0.15) is 17.5 Å². The van der Waals surface area contributed by atoms with Crippen LogP contribution in [0.5, 0.6) is 11.5 Å². The minimum atomic E-state index is -1.27. The molecule has 10 heteroatoms. The number of hydrogen-bond acceptors (Lipinski definition) is 7. The van der Waals surface area contributed by atoms with Crippen LogP contribution < -0.4 is 19.8 Å². The summed E-state index contributed by atoms with van der Waals surface area (Å²) in [5, 5.41) is 0.924. The Morgan fingerprint density at radius 3 is 2.42 bits per heavy atom. The highest BCUT2D eigenvalue weighted by Crippen LogP contribution is 2.36. The Bertz CT molecular complexity index is 1330. The number of aryl methyl sites for hydroxylation is 1. The van der Waals surface area contributed by atoms with Crippen LogP contribution in [-0.2, 0) is 9.59 Å². The van der Waals surface area contributed by atoms with Crippen LogP contribution in [0.1, 0.15) is 32.7 Å². The van der Waals surface area contributed by atoms with E-state index >= 15 is 0 Å². The molecule has 1 saturated heterocycles. The van der Waals surface area contributed by atoms with E-state index in [0.29, 0.717) is 5.75 Å². The molecule has 2 aromatic carbocycles. The first-order valence-corrected chi connectivity index (χ1v) is 11.0. The van der Waals surface area contributed by atoms with E-state index in [9.17, 15) is 19.2 Å². The Hall–Kier alpha value is -4.73. The highest BCUT2D eigenvalue weighted by atomic mass is 16.5. The van der Waals surface area contributed by atoms with Crippen LogP contribution in [0.4, 0.5) is 5.69 Å². The molecular weight excluding hydrogens is 464 g/mol. The quantitative estimate of drug-likeness (QED) is 0.418. The smallest absolute Gasteiger partial charge is 0.273 e. The molecule has 4 amide bonds. The SMILES string of the molecule is COc1ccc(N2C(=O)CC(N(NC(=O)c3ccncc3)C(=O)c3cccc(C)c3)C2=O)c(OC)c1. The summed E-state index contributed by atoms with van der Waals surface area (Å²) in [5.74, 6) is -1.76. The third-order valence-corrected chi connectivity index (χ3v) is 5.71. The number of nitrogens with zero attached hydrogens (tertiary/aromatic N) is 3. The van der Waals surface area contributed by atoms with Crippen LogP contribution in [0.3, 0.4) is 0 Å². The predicted octanol–water partition coefficient (Wildman–Crippen LogP) is 2.53. The van der Waals surface area contributed by atoms with Gasteiger partial charge in [-0.15, -0.1) is 0 Å². The number of carbonyl (C=O) groups excluding carboxylic acids is 4. The summed E-state index contributed by atoms with van der Waals surface area (Å²) in [6, 6.07) is 13.1. The first-order chi connectivity index (χ1) is 17.3. The molecule has 4 rings (SSSR count). The minimum Gasteiger partial charge on any atom is -0.497 e. The van der Waals surface area contributed by atoms with Crippen molar-refractivity contribution in [2.45, 2.75) is 19.4 Å². The number of aromatic nitrogens is 1. The van der Waals surface area contributed by atoms with Gasteiger partial charge in [-0.3, -0.25) is 29.6 Å². The zero-order chi connectivity index (χ0) is 25.8. The van der Waals surface area contributed by atoms with Gasteiger partial charge in [0.2, 0.25) is 5.91 Å². The van der Waals surface area contributed by atoms with Crippen LogP contribution in [0.2, 0.25) is 0 Å². The van der Waals surface area contributed by atoms with Crippen LogP contribution in [-0.4, -0.2) is 53.9 Å². The number of anilines is 1. The zero-order valence-corrected chi connectivity index (χ0v) is 19.9. The lowest BCUT2D eigenvalue weighted by atomic mass is 10.1. The summed E-state index contributed by atoms with van der Waals surface area (Å²) in [6.07, 6.45) is 2.54. The van der Waals surface area contributed by atoms with E-state index in [-0.39, 0.29) is 29.0 Å². The molecule has 1 N–H and O–H groups in total. The molecule has 2 heterocycles. The second-order valence-electron chi connectivity index (χ2n) is 8.05. The van der Waals surface area contributed by atoms with E-state index in [1.54, 1.807) is 30.3 Å². The third kappa shape index (κ3) is 4.74.